The number of nitrogens with zero attached hydrogens (tertiary/aromatic N) is 4. The van der Waals surface area contributed by atoms with Crippen LogP contribution in [0.1, 0.15) is 43.0 Å². The van der Waals surface area contributed by atoms with Crippen LogP contribution >= 0.6 is 0 Å². The Hall–Kier alpha value is -1.40. The molecule has 6 heteroatoms. The lowest BCUT2D eigenvalue weighted by Gasteiger charge is -2.36. The van der Waals surface area contributed by atoms with Crippen LogP contribution in [0.25, 0.3) is 0 Å². The number of aromatic nitrogens is 2. The summed E-state index contributed by atoms with van der Waals surface area (Å²) in [5.74, 6) is 8.97. The van der Waals surface area contributed by atoms with Gasteiger partial charge in [0, 0.05) is 30.6 Å². The predicted octanol–water partition coefficient (Wildman–Crippen LogP) is 1.48. The number of nitrogens with two attached hydrogens (primary N) is 1. The monoisotopic (exact) mass is 290 g/mol. The standard InChI is InChI=1S/C15H26N6/c1-10-13(19-16)17-14(11-4-5-11)18-15(10)21-8-6-12(7-9-21)20(2)3/h11-12H,4-9,16H2,1-3H3,(H,17,18,19). The lowest BCUT2D eigenvalue weighted by atomic mass is 10.0. The maximum atomic E-state index is 5.63. The molecule has 2 aliphatic rings. The molecule has 1 aromatic heterocycles. The van der Waals surface area contributed by atoms with Crippen molar-refractivity contribution < 1.29 is 0 Å². The minimum absolute atomic E-state index is 0.538. The molecule has 0 unspecified atom stereocenters. The molecule has 0 amide bonds. The van der Waals surface area contributed by atoms with Crippen LogP contribution in [0.3, 0.4) is 0 Å². The molecule has 1 aromatic rings. The largest absolute Gasteiger partial charge is 0.356 e. The van der Waals surface area contributed by atoms with Gasteiger partial charge in [0.05, 0.1) is 0 Å². The first-order chi connectivity index (χ1) is 10.1. The van der Waals surface area contributed by atoms with Crippen molar-refractivity contribution in [1.29, 1.82) is 0 Å². The van der Waals surface area contributed by atoms with Crippen LogP contribution in [-0.4, -0.2) is 48.1 Å². The Labute approximate surface area is 126 Å². The van der Waals surface area contributed by atoms with Gasteiger partial charge in [-0.15, -0.1) is 0 Å². The fraction of sp³-hybridized carbons (Fsp3) is 0.733. The van der Waals surface area contributed by atoms with Crippen LogP contribution in [0.15, 0.2) is 0 Å². The second-order valence-electron chi connectivity index (χ2n) is 6.48. The third kappa shape index (κ3) is 2.96. The molecule has 2 heterocycles. The zero-order chi connectivity index (χ0) is 15.0. The number of nitrogens with one attached hydrogen (secondary N) is 1. The van der Waals surface area contributed by atoms with Gasteiger partial charge < -0.3 is 15.2 Å². The molecular weight excluding hydrogens is 264 g/mol. The van der Waals surface area contributed by atoms with Crippen LogP contribution in [0.4, 0.5) is 11.6 Å². The molecule has 6 nitrogen and oxygen atoms in total. The van der Waals surface area contributed by atoms with Gasteiger partial charge in [-0.2, -0.15) is 0 Å². The lowest BCUT2D eigenvalue weighted by molar-refractivity contribution is 0.249. The van der Waals surface area contributed by atoms with Crippen LogP contribution in [0.5, 0.6) is 0 Å². The van der Waals surface area contributed by atoms with Crippen molar-refractivity contribution in [2.45, 2.75) is 44.6 Å². The number of nitrogen functional groups attached to an aromatic ring is 1. The van der Waals surface area contributed by atoms with E-state index in [-0.39, 0.29) is 0 Å². The van der Waals surface area contributed by atoms with Gasteiger partial charge in [0.15, 0.2) is 0 Å². The second-order valence-corrected chi connectivity index (χ2v) is 6.48. The molecular formula is C15H26N6. The van der Waals surface area contributed by atoms with E-state index in [4.69, 9.17) is 10.8 Å². The minimum Gasteiger partial charge on any atom is -0.356 e. The number of hydrogen-bond acceptors (Lipinski definition) is 6. The van der Waals surface area contributed by atoms with E-state index in [1.165, 1.54) is 25.7 Å². The van der Waals surface area contributed by atoms with Crippen LogP contribution in [0.2, 0.25) is 0 Å². The van der Waals surface area contributed by atoms with Crippen molar-refractivity contribution in [1.82, 2.24) is 14.9 Å². The Morgan fingerprint density at radius 2 is 1.81 bits per heavy atom. The Kier molecular flexibility index (Phi) is 3.99. The zero-order valence-corrected chi connectivity index (χ0v) is 13.3. The van der Waals surface area contributed by atoms with E-state index < -0.39 is 0 Å². The maximum absolute atomic E-state index is 5.63. The Bertz CT molecular complexity index is 503. The first-order valence-corrected chi connectivity index (χ1v) is 7.86. The van der Waals surface area contributed by atoms with Crippen molar-refractivity contribution in [2.24, 2.45) is 5.84 Å². The highest BCUT2D eigenvalue weighted by atomic mass is 15.3. The molecule has 3 N–H and O–H groups in total. The summed E-state index contributed by atoms with van der Waals surface area (Å²) in [6.45, 7) is 4.16. The summed E-state index contributed by atoms with van der Waals surface area (Å²) in [6, 6.07) is 0.679. The van der Waals surface area contributed by atoms with E-state index in [1.54, 1.807) is 0 Å². The number of anilines is 2. The Balaban J connectivity index is 1.82. The summed E-state index contributed by atoms with van der Waals surface area (Å²) < 4.78 is 0. The number of piperidine rings is 1. The lowest BCUT2D eigenvalue weighted by Crippen LogP contribution is -2.42. The average molecular weight is 290 g/mol. The van der Waals surface area contributed by atoms with Crippen molar-refractivity contribution in [3.05, 3.63) is 11.4 Å². The first kappa shape index (κ1) is 14.5. The summed E-state index contributed by atoms with van der Waals surface area (Å²) in [5.41, 5.74) is 3.80. The topological polar surface area (TPSA) is 70.3 Å². The van der Waals surface area contributed by atoms with E-state index in [0.717, 1.165) is 36.1 Å². The van der Waals surface area contributed by atoms with Crippen LogP contribution in [-0.2, 0) is 0 Å². The van der Waals surface area contributed by atoms with Gasteiger partial charge in [0.1, 0.15) is 17.5 Å². The van der Waals surface area contributed by atoms with E-state index in [0.29, 0.717) is 12.0 Å². The van der Waals surface area contributed by atoms with Crippen LogP contribution in [0, 0.1) is 6.92 Å². The number of rotatable bonds is 4. The van der Waals surface area contributed by atoms with Crippen molar-refractivity contribution in [3.63, 3.8) is 0 Å². The predicted molar refractivity (Wildman–Crippen MR) is 85.5 cm³/mol. The molecule has 0 radical (unpaired) electrons. The summed E-state index contributed by atoms with van der Waals surface area (Å²) in [5, 5.41) is 0. The van der Waals surface area contributed by atoms with E-state index >= 15 is 0 Å². The van der Waals surface area contributed by atoms with Gasteiger partial charge in [-0.3, -0.25) is 0 Å². The molecule has 116 valence electrons. The van der Waals surface area contributed by atoms with Gasteiger partial charge in [0.2, 0.25) is 0 Å². The summed E-state index contributed by atoms with van der Waals surface area (Å²) in [7, 11) is 4.33. The molecule has 2 fully saturated rings. The molecule has 1 saturated carbocycles. The Morgan fingerprint density at radius 1 is 1.14 bits per heavy atom. The Morgan fingerprint density at radius 3 is 2.33 bits per heavy atom. The fourth-order valence-corrected chi connectivity index (χ4v) is 3.09. The highest BCUT2D eigenvalue weighted by molar-refractivity contribution is 5.58. The average Bonchev–Trinajstić information content (AvgIpc) is 3.32. The van der Waals surface area contributed by atoms with E-state index in [1.807, 2.05) is 0 Å². The second kappa shape index (κ2) is 5.77. The quantitative estimate of drug-likeness (QED) is 0.646. The number of hydrogen-bond donors (Lipinski definition) is 2. The van der Waals surface area contributed by atoms with Gasteiger partial charge in [-0.05, 0) is 46.7 Å². The molecule has 1 saturated heterocycles. The summed E-state index contributed by atoms with van der Waals surface area (Å²) in [6.07, 6.45) is 4.77. The number of hydrazine groups is 1. The maximum Gasteiger partial charge on any atom is 0.148 e. The highest BCUT2D eigenvalue weighted by Gasteiger charge is 2.30. The molecule has 0 atom stereocenters. The van der Waals surface area contributed by atoms with Crippen LogP contribution < -0.4 is 16.2 Å². The van der Waals surface area contributed by atoms with Gasteiger partial charge >= 0.3 is 0 Å². The summed E-state index contributed by atoms with van der Waals surface area (Å²) >= 11 is 0. The molecule has 1 aliphatic heterocycles. The zero-order valence-electron chi connectivity index (χ0n) is 13.3. The molecule has 0 aromatic carbocycles. The van der Waals surface area contributed by atoms with Gasteiger partial charge in [-0.1, -0.05) is 0 Å². The molecule has 1 aliphatic carbocycles. The van der Waals surface area contributed by atoms with E-state index in [9.17, 15) is 0 Å². The van der Waals surface area contributed by atoms with Crippen molar-refractivity contribution in [2.75, 3.05) is 37.5 Å². The molecule has 0 spiro atoms. The normalized spacial score (nSPS) is 20.1. The van der Waals surface area contributed by atoms with Gasteiger partial charge in [0.25, 0.3) is 0 Å². The summed E-state index contributed by atoms with van der Waals surface area (Å²) in [4.78, 5) is 14.1. The van der Waals surface area contributed by atoms with Crippen molar-refractivity contribution in [3.8, 4) is 0 Å². The van der Waals surface area contributed by atoms with Crippen molar-refractivity contribution >= 4 is 11.6 Å². The fourth-order valence-electron chi connectivity index (χ4n) is 3.09. The smallest absolute Gasteiger partial charge is 0.148 e. The third-order valence-corrected chi connectivity index (χ3v) is 4.71. The molecule has 0 bridgehead atoms. The van der Waals surface area contributed by atoms with Gasteiger partial charge in [-0.25, -0.2) is 15.8 Å². The molecule has 21 heavy (non-hydrogen) atoms. The SMILES string of the molecule is Cc1c(NN)nc(C2CC2)nc1N1CCC(N(C)C)CC1. The molecule has 3 rings (SSSR count). The van der Waals surface area contributed by atoms with E-state index in [2.05, 4.69) is 41.2 Å². The first-order valence-electron chi connectivity index (χ1n) is 7.86. The minimum atomic E-state index is 0.538. The third-order valence-electron chi connectivity index (χ3n) is 4.71. The highest BCUT2D eigenvalue weighted by Crippen LogP contribution is 2.40.